The van der Waals surface area contributed by atoms with E-state index < -0.39 is 0 Å². The number of nitrogens with two attached hydrogens (primary N) is 1. The van der Waals surface area contributed by atoms with E-state index >= 15 is 0 Å². The van der Waals surface area contributed by atoms with Crippen molar-refractivity contribution in [3.05, 3.63) is 48.0 Å². The minimum atomic E-state index is -0.288. The molecule has 108 valence electrons. The molecule has 1 aromatic carbocycles. The van der Waals surface area contributed by atoms with Crippen LogP contribution in [-0.2, 0) is 6.54 Å². The average Bonchev–Trinajstić information content (AvgIpc) is 2.97. The monoisotopic (exact) mass is 283 g/mol. The van der Waals surface area contributed by atoms with Crippen molar-refractivity contribution in [2.45, 2.75) is 25.9 Å². The van der Waals surface area contributed by atoms with Crippen LogP contribution >= 0.6 is 0 Å². The molecule has 0 amide bonds. The molecule has 0 aliphatic carbocycles. The van der Waals surface area contributed by atoms with Crippen LogP contribution in [0.5, 0.6) is 0 Å². The second-order valence-electron chi connectivity index (χ2n) is 4.77. The van der Waals surface area contributed by atoms with Crippen molar-refractivity contribution >= 4 is 11.0 Å². The largest absolute Gasteiger partial charge is 0.270 e. The van der Waals surface area contributed by atoms with Gasteiger partial charge in [0.2, 0.25) is 0 Å². The Balaban J connectivity index is 2.03. The molecular formula is C14H17N7. The number of hydrogen-bond donors (Lipinski definition) is 2. The van der Waals surface area contributed by atoms with Crippen molar-refractivity contribution in [1.29, 1.82) is 0 Å². The van der Waals surface area contributed by atoms with Crippen LogP contribution in [0.25, 0.3) is 11.0 Å². The number of fused-ring (bicyclic) bond motifs is 1. The van der Waals surface area contributed by atoms with Crippen LogP contribution in [-0.4, -0.2) is 25.0 Å². The van der Waals surface area contributed by atoms with Crippen molar-refractivity contribution in [3.8, 4) is 0 Å². The fraction of sp³-hybridized carbons (Fsp3) is 0.286. The number of rotatable bonds is 5. The fourth-order valence-electron chi connectivity index (χ4n) is 2.31. The molecule has 3 N–H and O–H groups in total. The van der Waals surface area contributed by atoms with Crippen LogP contribution < -0.4 is 11.3 Å². The van der Waals surface area contributed by atoms with Gasteiger partial charge in [0.15, 0.2) is 0 Å². The van der Waals surface area contributed by atoms with Gasteiger partial charge in [-0.05, 0) is 18.6 Å². The first kappa shape index (κ1) is 13.6. The van der Waals surface area contributed by atoms with Gasteiger partial charge in [0.25, 0.3) is 0 Å². The van der Waals surface area contributed by atoms with E-state index in [1.807, 2.05) is 28.9 Å². The topological polar surface area (TPSA) is 94.5 Å². The Morgan fingerprint density at radius 2 is 2.05 bits per heavy atom. The van der Waals surface area contributed by atoms with E-state index in [1.165, 1.54) is 0 Å². The molecule has 3 aromatic rings. The molecule has 0 bridgehead atoms. The molecule has 2 aromatic heterocycles. The maximum atomic E-state index is 5.72. The normalized spacial score (nSPS) is 12.7. The van der Waals surface area contributed by atoms with E-state index in [0.717, 1.165) is 35.4 Å². The minimum Gasteiger partial charge on any atom is -0.270 e. The van der Waals surface area contributed by atoms with Crippen LogP contribution in [0.2, 0.25) is 0 Å². The molecule has 7 heteroatoms. The highest BCUT2D eigenvalue weighted by atomic mass is 15.4. The van der Waals surface area contributed by atoms with Gasteiger partial charge >= 0.3 is 0 Å². The SMILES string of the molecule is CCCn1nncc1C(NN)c1cnc2ccccc2n1. The van der Waals surface area contributed by atoms with Crippen molar-refractivity contribution < 1.29 is 0 Å². The number of nitrogens with zero attached hydrogens (tertiary/aromatic N) is 5. The summed E-state index contributed by atoms with van der Waals surface area (Å²) < 4.78 is 1.83. The van der Waals surface area contributed by atoms with Crippen LogP contribution in [0.4, 0.5) is 0 Å². The summed E-state index contributed by atoms with van der Waals surface area (Å²) in [6.07, 6.45) is 4.41. The highest BCUT2D eigenvalue weighted by molar-refractivity contribution is 5.73. The zero-order chi connectivity index (χ0) is 14.7. The zero-order valence-electron chi connectivity index (χ0n) is 11.8. The number of benzene rings is 1. The predicted octanol–water partition coefficient (Wildman–Crippen LogP) is 1.18. The minimum absolute atomic E-state index is 0.288. The molecule has 0 radical (unpaired) electrons. The standard InChI is InChI=1S/C14H17N7/c1-2-7-21-13(9-17-20-21)14(19-15)12-8-16-10-5-3-4-6-11(10)18-12/h3-6,8-9,14,19H,2,7,15H2,1H3. The fourth-order valence-corrected chi connectivity index (χ4v) is 2.31. The van der Waals surface area contributed by atoms with Gasteiger partial charge in [-0.2, -0.15) is 0 Å². The predicted molar refractivity (Wildman–Crippen MR) is 79.0 cm³/mol. The van der Waals surface area contributed by atoms with E-state index in [4.69, 9.17) is 5.84 Å². The number of hydrogen-bond acceptors (Lipinski definition) is 6. The van der Waals surface area contributed by atoms with E-state index in [0.29, 0.717) is 0 Å². The molecule has 0 aliphatic rings. The lowest BCUT2D eigenvalue weighted by molar-refractivity contribution is 0.507. The summed E-state index contributed by atoms with van der Waals surface area (Å²) in [5, 5.41) is 8.05. The van der Waals surface area contributed by atoms with Gasteiger partial charge in [0, 0.05) is 6.54 Å². The van der Waals surface area contributed by atoms with Crippen LogP contribution in [0.1, 0.15) is 30.8 Å². The summed E-state index contributed by atoms with van der Waals surface area (Å²) >= 11 is 0. The molecule has 1 unspecified atom stereocenters. The van der Waals surface area contributed by atoms with Gasteiger partial charge < -0.3 is 0 Å². The molecule has 7 nitrogen and oxygen atoms in total. The summed E-state index contributed by atoms with van der Waals surface area (Å²) in [4.78, 5) is 9.06. The Labute approximate surface area is 122 Å². The second kappa shape index (κ2) is 5.94. The molecule has 3 rings (SSSR count). The molecule has 2 heterocycles. The lowest BCUT2D eigenvalue weighted by atomic mass is 10.1. The van der Waals surface area contributed by atoms with Gasteiger partial charge in [-0.15, -0.1) is 5.10 Å². The lowest BCUT2D eigenvalue weighted by Gasteiger charge is -2.16. The summed E-state index contributed by atoms with van der Waals surface area (Å²) in [6, 6.07) is 7.45. The number of aryl methyl sites for hydroxylation is 1. The van der Waals surface area contributed by atoms with E-state index in [2.05, 4.69) is 32.6 Å². The van der Waals surface area contributed by atoms with Crippen LogP contribution in [0, 0.1) is 0 Å². The maximum Gasteiger partial charge on any atom is 0.108 e. The number of nitrogens with one attached hydrogen (secondary N) is 1. The molecule has 0 saturated heterocycles. The number of para-hydroxylation sites is 2. The Kier molecular flexibility index (Phi) is 3.85. The first-order valence-electron chi connectivity index (χ1n) is 6.89. The van der Waals surface area contributed by atoms with Gasteiger partial charge in [0.1, 0.15) is 6.04 Å². The Morgan fingerprint density at radius 1 is 1.24 bits per heavy atom. The van der Waals surface area contributed by atoms with Crippen molar-refractivity contribution in [2.24, 2.45) is 5.84 Å². The Bertz CT molecular complexity index is 737. The molecule has 0 fully saturated rings. The highest BCUT2D eigenvalue weighted by Gasteiger charge is 2.19. The third kappa shape index (κ3) is 2.61. The zero-order valence-corrected chi connectivity index (χ0v) is 11.8. The van der Waals surface area contributed by atoms with Crippen LogP contribution in [0.3, 0.4) is 0 Å². The third-order valence-corrected chi connectivity index (χ3v) is 3.31. The van der Waals surface area contributed by atoms with E-state index in [1.54, 1.807) is 12.4 Å². The maximum absolute atomic E-state index is 5.72. The molecule has 1 atom stereocenters. The van der Waals surface area contributed by atoms with Gasteiger partial charge in [0.05, 0.1) is 34.8 Å². The van der Waals surface area contributed by atoms with Gasteiger partial charge in [-0.25, -0.2) is 15.1 Å². The molecule has 21 heavy (non-hydrogen) atoms. The van der Waals surface area contributed by atoms with Gasteiger partial charge in [-0.3, -0.25) is 10.8 Å². The molecule has 0 spiro atoms. The Hall–Kier alpha value is -2.38. The van der Waals surface area contributed by atoms with Crippen molar-refractivity contribution in [3.63, 3.8) is 0 Å². The van der Waals surface area contributed by atoms with Crippen LogP contribution in [0.15, 0.2) is 36.7 Å². The first-order chi connectivity index (χ1) is 10.3. The average molecular weight is 283 g/mol. The molecule has 0 saturated carbocycles. The second-order valence-corrected chi connectivity index (χ2v) is 4.77. The van der Waals surface area contributed by atoms with E-state index in [-0.39, 0.29) is 6.04 Å². The quantitative estimate of drug-likeness (QED) is 0.539. The summed E-state index contributed by atoms with van der Waals surface area (Å²) in [5.74, 6) is 5.72. The summed E-state index contributed by atoms with van der Waals surface area (Å²) in [6.45, 7) is 2.88. The Morgan fingerprint density at radius 3 is 2.81 bits per heavy atom. The van der Waals surface area contributed by atoms with E-state index in [9.17, 15) is 0 Å². The smallest absolute Gasteiger partial charge is 0.108 e. The van der Waals surface area contributed by atoms with Crippen molar-refractivity contribution in [1.82, 2.24) is 30.4 Å². The molecule has 0 aliphatic heterocycles. The number of hydrazine groups is 1. The summed E-state index contributed by atoms with van der Waals surface area (Å²) in [7, 11) is 0. The lowest BCUT2D eigenvalue weighted by Crippen LogP contribution is -2.31. The molecular weight excluding hydrogens is 266 g/mol. The third-order valence-electron chi connectivity index (χ3n) is 3.31. The highest BCUT2D eigenvalue weighted by Crippen LogP contribution is 2.20. The number of aromatic nitrogens is 5. The summed E-state index contributed by atoms with van der Waals surface area (Å²) in [5.41, 5.74) is 6.10. The first-order valence-corrected chi connectivity index (χ1v) is 6.89. The van der Waals surface area contributed by atoms with Crippen molar-refractivity contribution in [2.75, 3.05) is 0 Å². The van der Waals surface area contributed by atoms with Gasteiger partial charge in [-0.1, -0.05) is 24.3 Å².